The number of piperidine rings is 1. The number of likely N-dealkylation sites (N-methyl/N-ethyl adjacent to an activating group) is 1. The van der Waals surface area contributed by atoms with Crippen LogP contribution in [0.3, 0.4) is 0 Å². The highest BCUT2D eigenvalue weighted by Gasteiger charge is 2.27. The molecule has 0 aliphatic carbocycles. The van der Waals surface area contributed by atoms with Crippen molar-refractivity contribution in [2.75, 3.05) is 45.2 Å². The van der Waals surface area contributed by atoms with Crippen molar-refractivity contribution in [3.63, 3.8) is 0 Å². The molecule has 1 aromatic carbocycles. The summed E-state index contributed by atoms with van der Waals surface area (Å²) in [5.74, 6) is 3.16. The van der Waals surface area contributed by atoms with Gasteiger partial charge in [0.05, 0.1) is 18.8 Å². The second-order valence-corrected chi connectivity index (χ2v) is 9.19. The van der Waals surface area contributed by atoms with E-state index in [0.717, 1.165) is 66.7 Å². The molecule has 0 saturated carbocycles. The molecule has 32 heavy (non-hydrogen) atoms. The molecule has 0 unspecified atom stereocenters. The van der Waals surface area contributed by atoms with Crippen LogP contribution in [0.2, 0.25) is 0 Å². The van der Waals surface area contributed by atoms with Gasteiger partial charge >= 0.3 is 0 Å². The zero-order chi connectivity index (χ0) is 22.7. The average molecular weight is 438 g/mol. The molecule has 7 heteroatoms. The Hall–Kier alpha value is -2.67. The third-order valence-electron chi connectivity index (χ3n) is 6.50. The van der Waals surface area contributed by atoms with Crippen LogP contribution in [0.25, 0.3) is 0 Å². The number of ether oxygens (including phenoxy) is 1. The third kappa shape index (κ3) is 5.21. The molecule has 1 fully saturated rings. The van der Waals surface area contributed by atoms with Crippen LogP contribution >= 0.6 is 0 Å². The summed E-state index contributed by atoms with van der Waals surface area (Å²) in [5, 5.41) is 3.50. The van der Waals surface area contributed by atoms with Crippen LogP contribution in [-0.4, -0.2) is 65.5 Å². The van der Waals surface area contributed by atoms with E-state index in [1.54, 1.807) is 6.92 Å². The zero-order valence-corrected chi connectivity index (χ0v) is 19.8. The fraction of sp³-hybridized carbons (Fsp3) is 0.560. The van der Waals surface area contributed by atoms with Crippen molar-refractivity contribution >= 4 is 11.7 Å². The number of hydrogen-bond donors (Lipinski definition) is 1. The van der Waals surface area contributed by atoms with Crippen molar-refractivity contribution in [3.05, 3.63) is 46.4 Å². The quantitative estimate of drug-likeness (QED) is 0.700. The number of aryl methyl sites for hydroxylation is 2. The van der Waals surface area contributed by atoms with Crippen molar-refractivity contribution < 1.29 is 9.53 Å². The maximum Gasteiger partial charge on any atom is 0.219 e. The van der Waals surface area contributed by atoms with Gasteiger partial charge < -0.3 is 19.9 Å². The van der Waals surface area contributed by atoms with Crippen LogP contribution in [0, 0.1) is 13.8 Å². The Morgan fingerprint density at radius 2 is 2.09 bits per heavy atom. The number of carbonyl (C=O) groups is 1. The van der Waals surface area contributed by atoms with Gasteiger partial charge in [-0.1, -0.05) is 17.7 Å². The number of nitrogens with one attached hydrogen (secondary N) is 1. The van der Waals surface area contributed by atoms with Gasteiger partial charge in [-0.25, -0.2) is 9.97 Å². The Morgan fingerprint density at radius 3 is 2.84 bits per heavy atom. The number of carbonyl (C=O) groups excluding carboxylic acids is 1. The molecule has 2 aliphatic heterocycles. The minimum Gasteiger partial charge on any atom is -0.491 e. The van der Waals surface area contributed by atoms with Gasteiger partial charge in [-0.2, -0.15) is 0 Å². The second kappa shape index (κ2) is 9.86. The van der Waals surface area contributed by atoms with E-state index in [0.29, 0.717) is 25.6 Å². The summed E-state index contributed by atoms with van der Waals surface area (Å²) in [4.78, 5) is 26.2. The van der Waals surface area contributed by atoms with Gasteiger partial charge in [-0.15, -0.1) is 0 Å². The van der Waals surface area contributed by atoms with E-state index in [9.17, 15) is 4.79 Å². The lowest BCUT2D eigenvalue weighted by molar-refractivity contribution is -0.129. The summed E-state index contributed by atoms with van der Waals surface area (Å²) in [6, 6.07) is 6.23. The number of benzene rings is 1. The Labute approximate surface area is 191 Å². The maximum absolute atomic E-state index is 12.0. The average Bonchev–Trinajstić information content (AvgIpc) is 2.77. The van der Waals surface area contributed by atoms with Crippen LogP contribution in [-0.2, 0) is 17.8 Å². The Morgan fingerprint density at radius 1 is 1.25 bits per heavy atom. The van der Waals surface area contributed by atoms with E-state index in [1.807, 2.05) is 11.0 Å². The van der Waals surface area contributed by atoms with E-state index in [1.165, 1.54) is 12.0 Å². The first-order valence-corrected chi connectivity index (χ1v) is 11.7. The number of aromatic nitrogens is 2. The van der Waals surface area contributed by atoms with E-state index in [-0.39, 0.29) is 5.91 Å². The lowest BCUT2D eigenvalue weighted by Gasteiger charge is -2.32. The molecule has 1 saturated heterocycles. The van der Waals surface area contributed by atoms with Gasteiger partial charge in [-0.3, -0.25) is 4.79 Å². The summed E-state index contributed by atoms with van der Waals surface area (Å²) < 4.78 is 6.00. The van der Waals surface area contributed by atoms with Crippen molar-refractivity contribution in [1.29, 1.82) is 0 Å². The molecule has 1 atom stereocenters. The predicted molar refractivity (Wildman–Crippen MR) is 126 cm³/mol. The van der Waals surface area contributed by atoms with Crippen LogP contribution in [0.1, 0.15) is 53.9 Å². The van der Waals surface area contributed by atoms with Gasteiger partial charge in [0.2, 0.25) is 5.91 Å². The van der Waals surface area contributed by atoms with Gasteiger partial charge in [-0.05, 0) is 51.9 Å². The van der Waals surface area contributed by atoms with Crippen LogP contribution in [0.4, 0.5) is 5.82 Å². The summed E-state index contributed by atoms with van der Waals surface area (Å²) >= 11 is 0. The molecule has 2 aliphatic rings. The molecule has 1 aromatic heterocycles. The van der Waals surface area contributed by atoms with Gasteiger partial charge in [0.15, 0.2) is 0 Å². The Kier molecular flexibility index (Phi) is 6.94. The number of likely N-dealkylation sites (tertiary alicyclic amines) is 1. The molecule has 2 aromatic rings. The predicted octanol–water partition coefficient (Wildman–Crippen LogP) is 3.30. The largest absolute Gasteiger partial charge is 0.491 e. The summed E-state index contributed by atoms with van der Waals surface area (Å²) in [6.07, 6.45) is 3.07. The SMILES string of the molecule is CC(=O)N1CCc2nc([C@@H]3CCCN(C)C3)nc(NCCOc3ccc(C)cc3C)c2C1. The van der Waals surface area contributed by atoms with Crippen LogP contribution in [0.5, 0.6) is 5.75 Å². The van der Waals surface area contributed by atoms with Gasteiger partial charge in [0, 0.05) is 37.9 Å². The van der Waals surface area contributed by atoms with Gasteiger partial charge in [0.1, 0.15) is 24.0 Å². The topological polar surface area (TPSA) is 70.6 Å². The van der Waals surface area contributed by atoms with Crippen molar-refractivity contribution in [1.82, 2.24) is 19.8 Å². The smallest absolute Gasteiger partial charge is 0.219 e. The number of anilines is 1. The lowest BCUT2D eigenvalue weighted by atomic mass is 9.96. The number of fused-ring (bicyclic) bond motifs is 1. The number of nitrogens with zero attached hydrogens (tertiary/aromatic N) is 4. The molecule has 1 amide bonds. The van der Waals surface area contributed by atoms with Crippen molar-refractivity contribution in [2.24, 2.45) is 0 Å². The normalized spacial score (nSPS) is 18.9. The Balaban J connectivity index is 1.50. The summed E-state index contributed by atoms with van der Waals surface area (Å²) in [5.41, 5.74) is 4.51. The minimum atomic E-state index is 0.0951. The van der Waals surface area contributed by atoms with Crippen molar-refractivity contribution in [2.45, 2.75) is 52.5 Å². The number of rotatable bonds is 6. The second-order valence-electron chi connectivity index (χ2n) is 9.19. The fourth-order valence-corrected chi connectivity index (χ4v) is 4.70. The molecule has 4 rings (SSSR count). The van der Waals surface area contributed by atoms with Crippen LogP contribution in [0.15, 0.2) is 18.2 Å². The van der Waals surface area contributed by atoms with E-state index in [4.69, 9.17) is 14.7 Å². The molecular weight excluding hydrogens is 402 g/mol. The first kappa shape index (κ1) is 22.5. The fourth-order valence-electron chi connectivity index (χ4n) is 4.70. The minimum absolute atomic E-state index is 0.0951. The maximum atomic E-state index is 12.0. The van der Waals surface area contributed by atoms with E-state index < -0.39 is 0 Å². The monoisotopic (exact) mass is 437 g/mol. The first-order chi connectivity index (χ1) is 15.4. The lowest BCUT2D eigenvalue weighted by Crippen LogP contribution is -2.36. The highest BCUT2D eigenvalue weighted by Crippen LogP contribution is 2.29. The Bertz CT molecular complexity index is 977. The highest BCUT2D eigenvalue weighted by molar-refractivity contribution is 5.74. The molecule has 0 spiro atoms. The first-order valence-electron chi connectivity index (χ1n) is 11.7. The molecule has 0 radical (unpaired) electrons. The molecule has 0 bridgehead atoms. The molecule has 3 heterocycles. The summed E-state index contributed by atoms with van der Waals surface area (Å²) in [7, 11) is 2.17. The van der Waals surface area contributed by atoms with E-state index >= 15 is 0 Å². The standard InChI is InChI=1S/C25H35N5O2/c1-17-7-8-23(18(2)14-17)32-13-10-26-25-21-16-30(19(3)31)12-9-22(21)27-24(28-25)20-6-5-11-29(4)15-20/h7-8,14,20H,5-6,9-13,15-16H2,1-4H3,(H,26,27,28)/t20-/m1/s1. The number of hydrogen-bond acceptors (Lipinski definition) is 6. The third-order valence-corrected chi connectivity index (χ3v) is 6.50. The molecule has 1 N–H and O–H groups in total. The molecule has 7 nitrogen and oxygen atoms in total. The summed E-state index contributed by atoms with van der Waals surface area (Å²) in [6.45, 7) is 10.4. The molecule has 172 valence electrons. The van der Waals surface area contributed by atoms with Gasteiger partial charge in [0.25, 0.3) is 0 Å². The molecular formula is C25H35N5O2. The zero-order valence-electron chi connectivity index (χ0n) is 19.8. The van der Waals surface area contributed by atoms with Crippen molar-refractivity contribution in [3.8, 4) is 5.75 Å². The highest BCUT2D eigenvalue weighted by atomic mass is 16.5. The van der Waals surface area contributed by atoms with Crippen LogP contribution < -0.4 is 10.1 Å². The number of amides is 1. The van der Waals surface area contributed by atoms with E-state index in [2.05, 4.69) is 43.2 Å².